The Labute approximate surface area is 137 Å². The number of anilines is 1. The minimum absolute atomic E-state index is 0.225. The summed E-state index contributed by atoms with van der Waals surface area (Å²) in [5, 5.41) is 34.5. The summed E-state index contributed by atoms with van der Waals surface area (Å²) in [4.78, 5) is 0. The molecule has 0 aliphatic heterocycles. The molecular formula is C17H11N7. The third kappa shape index (κ3) is 3.26. The summed E-state index contributed by atoms with van der Waals surface area (Å²) < 4.78 is 0. The summed E-state index contributed by atoms with van der Waals surface area (Å²) in [7, 11) is 0. The van der Waals surface area contributed by atoms with Crippen LogP contribution in [0.3, 0.4) is 0 Å². The Morgan fingerprint density at radius 2 is 1.88 bits per heavy atom. The molecule has 0 amide bonds. The Morgan fingerprint density at radius 3 is 2.58 bits per heavy atom. The van der Waals surface area contributed by atoms with Crippen molar-refractivity contribution in [3.8, 4) is 23.3 Å². The first-order valence-corrected chi connectivity index (χ1v) is 7.01. The van der Waals surface area contributed by atoms with E-state index in [1.807, 2.05) is 48.5 Å². The summed E-state index contributed by atoms with van der Waals surface area (Å²) in [5.74, 6) is 0.225. The molecule has 0 saturated carbocycles. The molecule has 0 radical (unpaired) electrons. The second-order valence-corrected chi connectivity index (χ2v) is 4.82. The number of nitriles is 2. The first kappa shape index (κ1) is 14.9. The van der Waals surface area contributed by atoms with E-state index in [1.165, 1.54) is 6.20 Å². The van der Waals surface area contributed by atoms with Gasteiger partial charge in [0.25, 0.3) is 0 Å². The molecule has 7 nitrogen and oxygen atoms in total. The SMILES string of the molecule is N#CC(=CNc1cccc(-c2cccc(C#N)c2)c1)c1nn[nH]n1. The van der Waals surface area contributed by atoms with Gasteiger partial charge in [-0.1, -0.05) is 24.3 Å². The zero-order valence-corrected chi connectivity index (χ0v) is 12.4. The zero-order valence-electron chi connectivity index (χ0n) is 12.4. The van der Waals surface area contributed by atoms with Crippen LogP contribution in [0.1, 0.15) is 11.4 Å². The van der Waals surface area contributed by atoms with E-state index < -0.39 is 0 Å². The van der Waals surface area contributed by atoms with Crippen molar-refractivity contribution in [2.24, 2.45) is 0 Å². The van der Waals surface area contributed by atoms with E-state index >= 15 is 0 Å². The number of H-pyrrole nitrogens is 1. The van der Waals surface area contributed by atoms with Crippen LogP contribution in [0.25, 0.3) is 16.7 Å². The number of nitrogens with zero attached hydrogens (tertiary/aromatic N) is 5. The van der Waals surface area contributed by atoms with Crippen molar-refractivity contribution in [3.63, 3.8) is 0 Å². The number of hydrogen-bond donors (Lipinski definition) is 2. The van der Waals surface area contributed by atoms with Crippen molar-refractivity contribution < 1.29 is 0 Å². The van der Waals surface area contributed by atoms with E-state index in [2.05, 4.69) is 32.0 Å². The minimum atomic E-state index is 0.225. The topological polar surface area (TPSA) is 114 Å². The largest absolute Gasteiger partial charge is 0.360 e. The molecule has 0 atom stereocenters. The van der Waals surface area contributed by atoms with Gasteiger partial charge in [-0.25, -0.2) is 0 Å². The van der Waals surface area contributed by atoms with Gasteiger partial charge in [0, 0.05) is 11.9 Å². The van der Waals surface area contributed by atoms with Crippen LogP contribution in [-0.4, -0.2) is 20.6 Å². The van der Waals surface area contributed by atoms with E-state index in [1.54, 1.807) is 6.07 Å². The molecule has 0 bridgehead atoms. The van der Waals surface area contributed by atoms with Gasteiger partial charge in [-0.05, 0) is 40.6 Å². The van der Waals surface area contributed by atoms with Crippen molar-refractivity contribution in [1.82, 2.24) is 20.6 Å². The van der Waals surface area contributed by atoms with Gasteiger partial charge < -0.3 is 5.32 Å². The number of benzene rings is 2. The van der Waals surface area contributed by atoms with Crippen LogP contribution in [-0.2, 0) is 0 Å². The monoisotopic (exact) mass is 313 g/mol. The molecule has 3 aromatic rings. The Morgan fingerprint density at radius 1 is 1.08 bits per heavy atom. The van der Waals surface area contributed by atoms with Crippen LogP contribution < -0.4 is 5.32 Å². The average molecular weight is 313 g/mol. The number of aromatic nitrogens is 4. The quantitative estimate of drug-likeness (QED) is 0.716. The predicted molar refractivity (Wildman–Crippen MR) is 88.0 cm³/mol. The fraction of sp³-hybridized carbons (Fsp3) is 0. The molecule has 0 fully saturated rings. The number of allylic oxidation sites excluding steroid dienone is 1. The van der Waals surface area contributed by atoms with Crippen LogP contribution in [0.5, 0.6) is 0 Å². The third-order valence-corrected chi connectivity index (χ3v) is 3.28. The summed E-state index contributed by atoms with van der Waals surface area (Å²) in [6, 6.07) is 19.2. The van der Waals surface area contributed by atoms with Gasteiger partial charge in [0.1, 0.15) is 11.6 Å². The van der Waals surface area contributed by atoms with E-state index in [-0.39, 0.29) is 11.4 Å². The van der Waals surface area contributed by atoms with Crippen molar-refractivity contribution in [2.45, 2.75) is 0 Å². The highest BCUT2D eigenvalue weighted by atomic mass is 15.5. The lowest BCUT2D eigenvalue weighted by Gasteiger charge is -2.06. The van der Waals surface area contributed by atoms with Crippen molar-refractivity contribution in [3.05, 3.63) is 66.1 Å². The maximum atomic E-state index is 9.16. The lowest BCUT2D eigenvalue weighted by atomic mass is 10.0. The number of aromatic amines is 1. The molecule has 2 N–H and O–H groups in total. The highest BCUT2D eigenvalue weighted by molar-refractivity contribution is 5.75. The lowest BCUT2D eigenvalue weighted by Crippen LogP contribution is -1.93. The molecule has 114 valence electrons. The Bertz CT molecular complexity index is 959. The van der Waals surface area contributed by atoms with Gasteiger partial charge in [0.05, 0.1) is 11.6 Å². The highest BCUT2D eigenvalue weighted by Gasteiger charge is 2.05. The zero-order chi connectivity index (χ0) is 16.8. The van der Waals surface area contributed by atoms with Gasteiger partial charge in [-0.15, -0.1) is 10.2 Å². The predicted octanol–water partition coefficient (Wildman–Crippen LogP) is 2.71. The molecule has 1 aromatic heterocycles. The van der Waals surface area contributed by atoms with Crippen LogP contribution in [0.4, 0.5) is 5.69 Å². The number of hydrogen-bond acceptors (Lipinski definition) is 6. The first-order chi connectivity index (χ1) is 11.8. The second-order valence-electron chi connectivity index (χ2n) is 4.82. The molecule has 0 spiro atoms. The molecule has 3 rings (SSSR count). The van der Waals surface area contributed by atoms with Crippen molar-refractivity contribution in [1.29, 1.82) is 10.5 Å². The molecule has 0 unspecified atom stereocenters. The first-order valence-electron chi connectivity index (χ1n) is 7.01. The van der Waals surface area contributed by atoms with Gasteiger partial charge in [-0.2, -0.15) is 15.7 Å². The maximum Gasteiger partial charge on any atom is 0.216 e. The van der Waals surface area contributed by atoms with Crippen LogP contribution in [0.2, 0.25) is 0 Å². The lowest BCUT2D eigenvalue weighted by molar-refractivity contribution is 0.881. The molecule has 24 heavy (non-hydrogen) atoms. The molecule has 7 heteroatoms. The minimum Gasteiger partial charge on any atom is -0.360 e. The van der Waals surface area contributed by atoms with Gasteiger partial charge in [0.2, 0.25) is 5.82 Å². The number of nitrogens with one attached hydrogen (secondary N) is 2. The summed E-state index contributed by atoms with van der Waals surface area (Å²) in [5.41, 5.74) is 3.57. The van der Waals surface area contributed by atoms with Crippen LogP contribution >= 0.6 is 0 Å². The summed E-state index contributed by atoms with van der Waals surface area (Å²) in [6.07, 6.45) is 1.52. The van der Waals surface area contributed by atoms with Gasteiger partial charge in [-0.3, -0.25) is 0 Å². The fourth-order valence-electron chi connectivity index (χ4n) is 2.14. The standard InChI is InChI=1S/C17H11N7/c18-9-12-3-1-4-13(7-12)14-5-2-6-16(8-14)20-11-15(10-19)17-21-23-24-22-17/h1-8,11,20H,(H,21,22,23,24). The maximum absolute atomic E-state index is 9.16. The van der Waals surface area contributed by atoms with E-state index in [9.17, 15) is 0 Å². The van der Waals surface area contributed by atoms with Crippen molar-refractivity contribution >= 4 is 11.3 Å². The molecule has 0 aliphatic carbocycles. The Hall–Kier alpha value is -3.97. The fourth-order valence-corrected chi connectivity index (χ4v) is 2.14. The molecular weight excluding hydrogens is 302 g/mol. The molecule has 2 aromatic carbocycles. The van der Waals surface area contributed by atoms with E-state index in [4.69, 9.17) is 10.5 Å². The normalized spacial score (nSPS) is 10.7. The van der Waals surface area contributed by atoms with E-state index in [0.29, 0.717) is 5.56 Å². The van der Waals surface area contributed by atoms with Crippen LogP contribution in [0.15, 0.2) is 54.7 Å². The molecule has 0 aliphatic rings. The van der Waals surface area contributed by atoms with E-state index in [0.717, 1.165) is 16.8 Å². The van der Waals surface area contributed by atoms with Crippen molar-refractivity contribution in [2.75, 3.05) is 5.32 Å². The highest BCUT2D eigenvalue weighted by Crippen LogP contribution is 2.23. The average Bonchev–Trinajstić information content (AvgIpc) is 3.17. The van der Waals surface area contributed by atoms with Gasteiger partial charge >= 0.3 is 0 Å². The number of rotatable bonds is 4. The second kappa shape index (κ2) is 6.86. The summed E-state index contributed by atoms with van der Waals surface area (Å²) in [6.45, 7) is 0. The smallest absolute Gasteiger partial charge is 0.216 e. The van der Waals surface area contributed by atoms with Gasteiger partial charge in [0.15, 0.2) is 0 Å². The van der Waals surface area contributed by atoms with Crippen LogP contribution in [0, 0.1) is 22.7 Å². The Kier molecular flexibility index (Phi) is 4.27. The molecule has 1 heterocycles. The molecule has 0 saturated heterocycles. The number of tetrazole rings is 1. The Balaban J connectivity index is 1.86. The summed E-state index contributed by atoms with van der Waals surface area (Å²) >= 11 is 0. The third-order valence-electron chi connectivity index (χ3n) is 3.28.